The molecule has 1 heterocycles. The van der Waals surface area contributed by atoms with E-state index in [1.54, 1.807) is 12.3 Å². The highest BCUT2D eigenvalue weighted by Crippen LogP contribution is 2.29. The molecule has 3 aromatic rings. The van der Waals surface area contributed by atoms with Crippen LogP contribution in [0.2, 0.25) is 0 Å². The van der Waals surface area contributed by atoms with Crippen molar-refractivity contribution < 1.29 is 14.5 Å². The lowest BCUT2D eigenvalue weighted by atomic mass is 10.1. The lowest BCUT2D eigenvalue weighted by Gasteiger charge is -2.11. The Hall–Kier alpha value is -3.94. The van der Waals surface area contributed by atoms with Crippen LogP contribution in [0.5, 0.6) is 5.75 Å². The molecule has 0 radical (unpaired) electrons. The van der Waals surface area contributed by atoms with Crippen LogP contribution in [0.1, 0.15) is 21.5 Å². The lowest BCUT2D eigenvalue weighted by Crippen LogP contribution is -2.29. The molecule has 0 aliphatic carbocycles. The van der Waals surface area contributed by atoms with Crippen molar-refractivity contribution in [1.82, 2.24) is 4.57 Å². The molecule has 8 heteroatoms. The number of ether oxygens (including phenoxy) is 1. The first-order valence-corrected chi connectivity index (χ1v) is 8.78. The van der Waals surface area contributed by atoms with Gasteiger partial charge in [0.25, 0.3) is 17.2 Å². The molecule has 0 atom stereocenters. The maximum atomic E-state index is 12.8. The molecular weight excluding hydrogens is 374 g/mol. The number of nitrogens with one attached hydrogen (secondary N) is 1. The number of aryl methyl sites for hydroxylation is 1. The van der Waals surface area contributed by atoms with Gasteiger partial charge in [-0.2, -0.15) is 0 Å². The van der Waals surface area contributed by atoms with E-state index < -0.39 is 16.4 Å². The maximum absolute atomic E-state index is 12.8. The fourth-order valence-electron chi connectivity index (χ4n) is 2.89. The fraction of sp³-hybridized carbons (Fsp3) is 0.143. The van der Waals surface area contributed by atoms with E-state index in [1.165, 1.54) is 35.9 Å². The Kier molecular flexibility index (Phi) is 5.73. The summed E-state index contributed by atoms with van der Waals surface area (Å²) in [5.74, 6) is -0.433. The summed E-state index contributed by atoms with van der Waals surface area (Å²) < 4.78 is 6.41. The second-order valence-electron chi connectivity index (χ2n) is 6.38. The van der Waals surface area contributed by atoms with E-state index in [1.807, 2.05) is 31.2 Å². The summed E-state index contributed by atoms with van der Waals surface area (Å²) in [5.41, 5.74) is 1.06. The fourth-order valence-corrected chi connectivity index (χ4v) is 2.89. The number of aromatic nitrogens is 1. The molecule has 1 aromatic heterocycles. The zero-order valence-electron chi connectivity index (χ0n) is 15.9. The van der Waals surface area contributed by atoms with Crippen LogP contribution in [0.15, 0.2) is 65.6 Å². The van der Waals surface area contributed by atoms with E-state index in [4.69, 9.17) is 4.74 Å². The Labute approximate surface area is 166 Å². The standard InChI is InChI=1S/C21H19N3O5/c1-14-6-3-4-7-15(14)13-23-11-5-8-17(21(23)26)20(25)22-18-10-9-16(29-2)12-19(18)24(27)28/h3-12H,13H2,1-2H3,(H,22,25). The third-order valence-corrected chi connectivity index (χ3v) is 4.52. The number of nitro benzene ring substituents is 1. The largest absolute Gasteiger partial charge is 0.496 e. The van der Waals surface area contributed by atoms with Crippen molar-refractivity contribution in [2.24, 2.45) is 0 Å². The van der Waals surface area contributed by atoms with Crippen molar-refractivity contribution in [3.63, 3.8) is 0 Å². The van der Waals surface area contributed by atoms with E-state index >= 15 is 0 Å². The number of carbonyl (C=O) groups is 1. The summed E-state index contributed by atoms with van der Waals surface area (Å²) in [5, 5.41) is 13.8. The van der Waals surface area contributed by atoms with Gasteiger partial charge < -0.3 is 14.6 Å². The summed E-state index contributed by atoms with van der Waals surface area (Å²) in [4.78, 5) is 36.1. The van der Waals surface area contributed by atoms with E-state index in [0.29, 0.717) is 6.54 Å². The number of carbonyl (C=O) groups excluding carboxylic acids is 1. The molecule has 0 fully saturated rings. The Balaban J connectivity index is 1.90. The van der Waals surface area contributed by atoms with Crippen LogP contribution in [0, 0.1) is 17.0 Å². The van der Waals surface area contributed by atoms with Crippen LogP contribution in [-0.4, -0.2) is 22.5 Å². The molecule has 0 aliphatic rings. The quantitative estimate of drug-likeness (QED) is 0.511. The highest BCUT2D eigenvalue weighted by atomic mass is 16.6. The number of rotatable bonds is 6. The number of amides is 1. The summed E-state index contributed by atoms with van der Waals surface area (Å²) in [6.07, 6.45) is 1.60. The van der Waals surface area contributed by atoms with Gasteiger partial charge in [-0.25, -0.2) is 0 Å². The van der Waals surface area contributed by atoms with Crippen LogP contribution >= 0.6 is 0 Å². The minimum Gasteiger partial charge on any atom is -0.496 e. The Morgan fingerprint density at radius 3 is 2.62 bits per heavy atom. The normalized spacial score (nSPS) is 10.4. The van der Waals surface area contributed by atoms with E-state index in [-0.39, 0.29) is 22.7 Å². The number of anilines is 1. The zero-order chi connectivity index (χ0) is 21.0. The van der Waals surface area contributed by atoms with E-state index in [9.17, 15) is 19.7 Å². The number of hydrogen-bond acceptors (Lipinski definition) is 5. The van der Waals surface area contributed by atoms with Crippen molar-refractivity contribution in [2.75, 3.05) is 12.4 Å². The number of hydrogen-bond donors (Lipinski definition) is 1. The molecular formula is C21H19N3O5. The third kappa shape index (κ3) is 4.32. The Bertz CT molecular complexity index is 1140. The minimum absolute atomic E-state index is 0.0190. The van der Waals surface area contributed by atoms with Gasteiger partial charge in [0.1, 0.15) is 17.0 Å². The van der Waals surface area contributed by atoms with Gasteiger partial charge in [-0.3, -0.25) is 19.7 Å². The molecule has 8 nitrogen and oxygen atoms in total. The third-order valence-electron chi connectivity index (χ3n) is 4.52. The topological polar surface area (TPSA) is 103 Å². The second kappa shape index (κ2) is 8.39. The van der Waals surface area contributed by atoms with E-state index in [2.05, 4.69) is 5.32 Å². The summed E-state index contributed by atoms with van der Waals surface area (Å²) in [6, 6.07) is 14.7. The summed E-state index contributed by atoms with van der Waals surface area (Å²) >= 11 is 0. The first-order valence-electron chi connectivity index (χ1n) is 8.78. The Morgan fingerprint density at radius 1 is 1.17 bits per heavy atom. The van der Waals surface area contributed by atoms with Crippen molar-refractivity contribution in [3.8, 4) is 5.75 Å². The number of methoxy groups -OCH3 is 1. The van der Waals surface area contributed by atoms with Gasteiger partial charge in [0.15, 0.2) is 0 Å². The summed E-state index contributed by atoms with van der Waals surface area (Å²) in [7, 11) is 1.39. The molecule has 29 heavy (non-hydrogen) atoms. The number of pyridine rings is 1. The molecule has 0 unspecified atom stereocenters. The van der Waals surface area contributed by atoms with Gasteiger partial charge >= 0.3 is 0 Å². The van der Waals surface area contributed by atoms with Crippen LogP contribution < -0.4 is 15.6 Å². The van der Waals surface area contributed by atoms with Gasteiger partial charge in [-0.05, 0) is 42.3 Å². The molecule has 3 rings (SSSR count). The highest BCUT2D eigenvalue weighted by molar-refractivity contribution is 6.05. The first-order chi connectivity index (χ1) is 13.9. The van der Waals surface area contributed by atoms with Crippen molar-refractivity contribution in [1.29, 1.82) is 0 Å². The molecule has 1 N–H and O–H groups in total. The molecule has 0 saturated heterocycles. The SMILES string of the molecule is COc1ccc(NC(=O)c2cccn(Cc3ccccc3C)c2=O)c([N+](=O)[O-])c1. The average molecular weight is 393 g/mol. The highest BCUT2D eigenvalue weighted by Gasteiger charge is 2.20. The molecule has 0 bridgehead atoms. The van der Waals surface area contributed by atoms with E-state index in [0.717, 1.165) is 11.1 Å². The maximum Gasteiger partial charge on any atom is 0.296 e. The molecule has 0 spiro atoms. The van der Waals surface area contributed by atoms with Gasteiger partial charge in [-0.1, -0.05) is 24.3 Å². The average Bonchev–Trinajstić information content (AvgIpc) is 2.71. The first kappa shape index (κ1) is 19.8. The predicted molar refractivity (Wildman–Crippen MR) is 109 cm³/mol. The van der Waals surface area contributed by atoms with Crippen molar-refractivity contribution in [2.45, 2.75) is 13.5 Å². The molecule has 0 saturated carbocycles. The molecule has 148 valence electrons. The molecule has 1 amide bonds. The summed E-state index contributed by atoms with van der Waals surface area (Å²) in [6.45, 7) is 2.26. The smallest absolute Gasteiger partial charge is 0.296 e. The van der Waals surface area contributed by atoms with Crippen molar-refractivity contribution >= 4 is 17.3 Å². The number of benzene rings is 2. The van der Waals surface area contributed by atoms with Gasteiger partial charge in [0, 0.05) is 6.20 Å². The molecule has 2 aromatic carbocycles. The second-order valence-corrected chi connectivity index (χ2v) is 6.38. The van der Waals surface area contributed by atoms with Crippen LogP contribution in [0.25, 0.3) is 0 Å². The number of nitro groups is 1. The van der Waals surface area contributed by atoms with Gasteiger partial charge in [0.05, 0.1) is 24.6 Å². The lowest BCUT2D eigenvalue weighted by molar-refractivity contribution is -0.384. The Morgan fingerprint density at radius 2 is 1.93 bits per heavy atom. The van der Waals surface area contributed by atoms with Gasteiger partial charge in [0.2, 0.25) is 0 Å². The monoisotopic (exact) mass is 393 g/mol. The van der Waals surface area contributed by atoms with Crippen LogP contribution in [-0.2, 0) is 6.54 Å². The van der Waals surface area contributed by atoms with Crippen LogP contribution in [0.3, 0.4) is 0 Å². The molecule has 0 aliphatic heterocycles. The predicted octanol–water partition coefficient (Wildman–Crippen LogP) is 3.37. The number of nitrogens with zero attached hydrogens (tertiary/aromatic N) is 2. The van der Waals surface area contributed by atoms with Crippen LogP contribution in [0.4, 0.5) is 11.4 Å². The minimum atomic E-state index is -0.720. The van der Waals surface area contributed by atoms with Gasteiger partial charge in [-0.15, -0.1) is 0 Å². The zero-order valence-corrected chi connectivity index (χ0v) is 15.9. The van der Waals surface area contributed by atoms with Crippen molar-refractivity contribution in [3.05, 3.63) is 98.0 Å².